The van der Waals surface area contributed by atoms with Gasteiger partial charge in [-0.3, -0.25) is 9.69 Å². The van der Waals surface area contributed by atoms with Gasteiger partial charge in [-0.05, 0) is 52.9 Å². The zero-order chi connectivity index (χ0) is 19.8. The first-order chi connectivity index (χ1) is 14.2. The van der Waals surface area contributed by atoms with E-state index >= 15 is 0 Å². The third-order valence-corrected chi connectivity index (χ3v) is 6.14. The highest BCUT2D eigenvalue weighted by atomic mass is 19.1. The minimum Gasteiger partial charge on any atom is -0.335 e. The van der Waals surface area contributed by atoms with Gasteiger partial charge < -0.3 is 4.90 Å². The van der Waals surface area contributed by atoms with Crippen molar-refractivity contribution in [2.45, 2.75) is 19.0 Å². The predicted octanol–water partition coefficient (Wildman–Crippen LogP) is 4.38. The van der Waals surface area contributed by atoms with Crippen molar-refractivity contribution in [1.29, 1.82) is 0 Å². The molecule has 0 aromatic heterocycles. The summed E-state index contributed by atoms with van der Waals surface area (Å²) in [5.41, 5.74) is 5.50. The van der Waals surface area contributed by atoms with E-state index in [2.05, 4.69) is 29.2 Å². The van der Waals surface area contributed by atoms with Crippen LogP contribution in [-0.4, -0.2) is 41.4 Å². The predicted molar refractivity (Wildman–Crippen MR) is 112 cm³/mol. The number of nitrogens with zero attached hydrogens (tertiary/aromatic N) is 2. The first-order valence-electron chi connectivity index (χ1n) is 10.1. The number of carbonyl (C=O) groups excluding carboxylic acids is 1. The van der Waals surface area contributed by atoms with Crippen LogP contribution in [0.25, 0.3) is 11.1 Å². The topological polar surface area (TPSA) is 23.6 Å². The summed E-state index contributed by atoms with van der Waals surface area (Å²) in [6.45, 7) is 3.63. The number of amides is 1. The number of hydrogen-bond donors (Lipinski definition) is 0. The van der Waals surface area contributed by atoms with Gasteiger partial charge in [-0.1, -0.05) is 48.5 Å². The molecule has 1 saturated heterocycles. The minimum atomic E-state index is -0.245. The standard InChI is InChI=1S/C25H23FN2O/c26-23-11-9-20(10-12-23)19-5-7-21(8-6-19)25(29)28-16-24(17-28)27-14-13-18-3-1-2-4-22(18)15-27/h1-12,24H,13-17H2. The van der Waals surface area contributed by atoms with E-state index < -0.39 is 0 Å². The van der Waals surface area contributed by atoms with Gasteiger partial charge in [0, 0.05) is 37.8 Å². The van der Waals surface area contributed by atoms with Crippen LogP contribution in [0, 0.1) is 5.82 Å². The fraction of sp³-hybridized carbons (Fsp3) is 0.240. The van der Waals surface area contributed by atoms with E-state index in [0.29, 0.717) is 11.6 Å². The fourth-order valence-corrected chi connectivity index (χ4v) is 4.31. The zero-order valence-corrected chi connectivity index (χ0v) is 16.2. The summed E-state index contributed by atoms with van der Waals surface area (Å²) in [5, 5.41) is 0. The van der Waals surface area contributed by atoms with Gasteiger partial charge in [0.15, 0.2) is 0 Å². The van der Waals surface area contributed by atoms with E-state index in [1.165, 1.54) is 23.3 Å². The van der Waals surface area contributed by atoms with Crippen molar-refractivity contribution in [3.63, 3.8) is 0 Å². The second-order valence-electron chi connectivity index (χ2n) is 7.94. The molecule has 29 heavy (non-hydrogen) atoms. The van der Waals surface area contributed by atoms with Gasteiger partial charge in [-0.25, -0.2) is 4.39 Å². The summed E-state index contributed by atoms with van der Waals surface area (Å²) in [4.78, 5) is 17.2. The van der Waals surface area contributed by atoms with E-state index in [1.54, 1.807) is 12.1 Å². The maximum absolute atomic E-state index is 13.1. The Morgan fingerprint density at radius 3 is 2.14 bits per heavy atom. The highest BCUT2D eigenvalue weighted by Gasteiger charge is 2.36. The van der Waals surface area contributed by atoms with E-state index in [4.69, 9.17) is 0 Å². The van der Waals surface area contributed by atoms with Crippen molar-refractivity contribution in [3.05, 3.63) is 95.3 Å². The first kappa shape index (κ1) is 18.1. The Kier molecular flexibility index (Phi) is 4.64. The highest BCUT2D eigenvalue weighted by molar-refractivity contribution is 5.95. The molecule has 1 fully saturated rings. The van der Waals surface area contributed by atoms with Crippen molar-refractivity contribution in [1.82, 2.24) is 9.80 Å². The summed E-state index contributed by atoms with van der Waals surface area (Å²) in [5.74, 6) is -0.158. The van der Waals surface area contributed by atoms with Gasteiger partial charge in [-0.15, -0.1) is 0 Å². The average molecular weight is 386 g/mol. The SMILES string of the molecule is O=C(c1ccc(-c2ccc(F)cc2)cc1)N1CC(N2CCc3ccccc3C2)C1. The molecule has 3 aromatic rings. The second kappa shape index (κ2) is 7.45. The van der Waals surface area contributed by atoms with Crippen LogP contribution in [0.15, 0.2) is 72.8 Å². The van der Waals surface area contributed by atoms with Crippen molar-refractivity contribution < 1.29 is 9.18 Å². The molecule has 3 aromatic carbocycles. The Balaban J connectivity index is 1.20. The van der Waals surface area contributed by atoms with E-state index in [1.807, 2.05) is 29.2 Å². The average Bonchev–Trinajstić information content (AvgIpc) is 2.73. The smallest absolute Gasteiger partial charge is 0.253 e. The van der Waals surface area contributed by atoms with Gasteiger partial charge in [0.1, 0.15) is 5.82 Å². The van der Waals surface area contributed by atoms with Crippen LogP contribution >= 0.6 is 0 Å². The zero-order valence-electron chi connectivity index (χ0n) is 16.2. The molecule has 5 rings (SSSR count). The largest absolute Gasteiger partial charge is 0.335 e. The molecule has 4 heteroatoms. The van der Waals surface area contributed by atoms with Gasteiger partial charge in [0.2, 0.25) is 0 Å². The summed E-state index contributed by atoms with van der Waals surface area (Å²) in [7, 11) is 0. The molecule has 2 aliphatic rings. The lowest BCUT2D eigenvalue weighted by Gasteiger charge is -2.47. The third-order valence-electron chi connectivity index (χ3n) is 6.14. The quantitative estimate of drug-likeness (QED) is 0.667. The second-order valence-corrected chi connectivity index (χ2v) is 7.94. The molecular formula is C25H23FN2O. The van der Waals surface area contributed by atoms with E-state index in [-0.39, 0.29) is 11.7 Å². The molecule has 0 spiro atoms. The maximum Gasteiger partial charge on any atom is 0.253 e. The van der Waals surface area contributed by atoms with Crippen LogP contribution < -0.4 is 0 Å². The lowest BCUT2D eigenvalue weighted by atomic mass is 9.96. The number of benzene rings is 3. The Bertz CT molecular complexity index is 1020. The molecule has 146 valence electrons. The Labute approximate surface area is 170 Å². The van der Waals surface area contributed by atoms with Crippen LogP contribution in [0.3, 0.4) is 0 Å². The number of fused-ring (bicyclic) bond motifs is 1. The van der Waals surface area contributed by atoms with Gasteiger partial charge >= 0.3 is 0 Å². The van der Waals surface area contributed by atoms with E-state index in [9.17, 15) is 9.18 Å². The Morgan fingerprint density at radius 1 is 0.828 bits per heavy atom. The van der Waals surface area contributed by atoms with Crippen molar-refractivity contribution >= 4 is 5.91 Å². The van der Waals surface area contributed by atoms with Gasteiger partial charge in [-0.2, -0.15) is 0 Å². The van der Waals surface area contributed by atoms with Gasteiger partial charge in [0.05, 0.1) is 0 Å². The molecule has 3 nitrogen and oxygen atoms in total. The lowest BCUT2D eigenvalue weighted by Crippen LogP contribution is -2.61. The summed E-state index contributed by atoms with van der Waals surface area (Å²) in [6, 6.07) is 23.1. The molecule has 0 N–H and O–H groups in total. The Hall–Kier alpha value is -2.98. The number of hydrogen-bond acceptors (Lipinski definition) is 2. The lowest BCUT2D eigenvalue weighted by molar-refractivity contribution is 0.0218. The molecule has 0 aliphatic carbocycles. The fourth-order valence-electron chi connectivity index (χ4n) is 4.31. The summed E-state index contributed by atoms with van der Waals surface area (Å²) in [6.07, 6.45) is 1.09. The van der Waals surface area contributed by atoms with Crippen molar-refractivity contribution in [2.75, 3.05) is 19.6 Å². The van der Waals surface area contributed by atoms with Crippen LogP contribution in [0.1, 0.15) is 21.5 Å². The molecular weight excluding hydrogens is 363 g/mol. The van der Waals surface area contributed by atoms with E-state index in [0.717, 1.165) is 43.7 Å². The highest BCUT2D eigenvalue weighted by Crippen LogP contribution is 2.26. The minimum absolute atomic E-state index is 0.0873. The van der Waals surface area contributed by atoms with Crippen LogP contribution in [0.2, 0.25) is 0 Å². The molecule has 2 aliphatic heterocycles. The molecule has 0 saturated carbocycles. The number of rotatable bonds is 3. The normalized spacial score (nSPS) is 16.9. The molecule has 2 heterocycles. The van der Waals surface area contributed by atoms with Crippen molar-refractivity contribution in [2.24, 2.45) is 0 Å². The first-order valence-corrected chi connectivity index (χ1v) is 10.1. The monoisotopic (exact) mass is 386 g/mol. The Morgan fingerprint density at radius 2 is 1.45 bits per heavy atom. The molecule has 0 radical (unpaired) electrons. The third kappa shape index (κ3) is 3.56. The van der Waals surface area contributed by atoms with Crippen LogP contribution in [-0.2, 0) is 13.0 Å². The van der Waals surface area contributed by atoms with Crippen LogP contribution in [0.5, 0.6) is 0 Å². The van der Waals surface area contributed by atoms with Crippen LogP contribution in [0.4, 0.5) is 4.39 Å². The molecule has 1 amide bonds. The summed E-state index contributed by atoms with van der Waals surface area (Å²) < 4.78 is 13.1. The molecule has 0 atom stereocenters. The number of likely N-dealkylation sites (tertiary alicyclic amines) is 1. The number of carbonyl (C=O) groups is 1. The maximum atomic E-state index is 13.1. The summed E-state index contributed by atoms with van der Waals surface area (Å²) >= 11 is 0. The number of halogens is 1. The van der Waals surface area contributed by atoms with Gasteiger partial charge in [0.25, 0.3) is 5.91 Å². The molecule has 0 unspecified atom stereocenters. The molecule has 0 bridgehead atoms. The van der Waals surface area contributed by atoms with Crippen molar-refractivity contribution in [3.8, 4) is 11.1 Å².